The van der Waals surface area contributed by atoms with Crippen LogP contribution < -0.4 is 20.4 Å². The maximum absolute atomic E-state index is 12.5. The minimum Gasteiger partial charge on any atom is -0.493 e. The van der Waals surface area contributed by atoms with Crippen molar-refractivity contribution in [3.8, 4) is 22.6 Å². The highest BCUT2D eigenvalue weighted by molar-refractivity contribution is 5.86. The zero-order valence-corrected chi connectivity index (χ0v) is 17.6. The smallest absolute Gasteiger partial charge is 0.344 e. The van der Waals surface area contributed by atoms with E-state index in [1.54, 1.807) is 48.9 Å². The summed E-state index contributed by atoms with van der Waals surface area (Å²) in [6, 6.07) is 14.2. The molecule has 0 unspecified atom stereocenters. The van der Waals surface area contributed by atoms with Crippen molar-refractivity contribution < 1.29 is 18.7 Å². The monoisotopic (exact) mass is 433 g/mol. The molecule has 32 heavy (non-hydrogen) atoms. The lowest BCUT2D eigenvalue weighted by Gasteiger charge is -2.09. The number of ether oxygens (including phenoxy) is 2. The summed E-state index contributed by atoms with van der Waals surface area (Å²) in [5.41, 5.74) is 1.10. The number of methoxy groups -OCH3 is 1. The van der Waals surface area contributed by atoms with E-state index in [1.807, 2.05) is 22.9 Å². The Labute approximate surface area is 184 Å². The average Bonchev–Trinajstić information content (AvgIpc) is 3.34. The van der Waals surface area contributed by atoms with Crippen LogP contribution in [0, 0.1) is 0 Å². The molecule has 2 aromatic heterocycles. The number of aromatic nitrogens is 2. The van der Waals surface area contributed by atoms with E-state index >= 15 is 0 Å². The first-order chi connectivity index (χ1) is 15.6. The van der Waals surface area contributed by atoms with Crippen molar-refractivity contribution in [2.75, 3.05) is 20.3 Å². The quantitative estimate of drug-likeness (QED) is 0.322. The van der Waals surface area contributed by atoms with Gasteiger partial charge in [-0.2, -0.15) is 0 Å². The molecule has 4 aromatic rings. The molecule has 0 aliphatic heterocycles. The lowest BCUT2D eigenvalue weighted by Crippen LogP contribution is -2.30. The Morgan fingerprint density at radius 3 is 2.78 bits per heavy atom. The molecule has 8 nitrogen and oxygen atoms in total. The zero-order valence-electron chi connectivity index (χ0n) is 17.6. The van der Waals surface area contributed by atoms with Gasteiger partial charge in [0.15, 0.2) is 17.9 Å². The Balaban J connectivity index is 1.33. The van der Waals surface area contributed by atoms with Crippen LogP contribution in [-0.4, -0.2) is 35.7 Å². The van der Waals surface area contributed by atoms with Gasteiger partial charge in [0.25, 0.3) is 5.91 Å². The molecular formula is C24H23N3O5. The lowest BCUT2D eigenvalue weighted by molar-refractivity contribution is -0.123. The van der Waals surface area contributed by atoms with Gasteiger partial charge in [0.05, 0.1) is 19.0 Å². The van der Waals surface area contributed by atoms with Gasteiger partial charge in [0.1, 0.15) is 5.75 Å². The largest absolute Gasteiger partial charge is 0.493 e. The second-order valence-corrected chi connectivity index (χ2v) is 7.14. The first-order valence-electron chi connectivity index (χ1n) is 10.2. The van der Waals surface area contributed by atoms with Gasteiger partial charge in [-0.05, 0) is 36.2 Å². The SMILES string of the molecule is COc1cccc2cc(-c3ccc(OCC(=O)NCCCn4ccnc4)cc3)c(=O)oc12. The van der Waals surface area contributed by atoms with E-state index in [1.165, 1.54) is 7.11 Å². The van der Waals surface area contributed by atoms with Gasteiger partial charge in [-0.3, -0.25) is 4.79 Å². The molecule has 0 spiro atoms. The standard InChI is InChI=1S/C24H23N3O5/c1-30-21-5-2-4-18-14-20(24(29)32-23(18)21)17-6-8-19(9-7-17)31-15-22(28)26-10-3-12-27-13-11-25-16-27/h2,4-9,11,13-14,16H,3,10,12,15H2,1H3,(H,26,28). The Morgan fingerprint density at radius 1 is 1.19 bits per heavy atom. The molecule has 1 N–H and O–H groups in total. The van der Waals surface area contributed by atoms with Crippen molar-refractivity contribution in [1.82, 2.24) is 14.9 Å². The Morgan fingerprint density at radius 2 is 2.03 bits per heavy atom. The highest BCUT2D eigenvalue weighted by Gasteiger charge is 2.11. The van der Waals surface area contributed by atoms with Crippen LogP contribution in [-0.2, 0) is 11.3 Å². The van der Waals surface area contributed by atoms with Crippen molar-refractivity contribution >= 4 is 16.9 Å². The Kier molecular flexibility index (Phi) is 6.50. The number of aryl methyl sites for hydroxylation is 1. The molecule has 0 saturated carbocycles. The van der Waals surface area contributed by atoms with Crippen molar-refractivity contribution in [1.29, 1.82) is 0 Å². The van der Waals surface area contributed by atoms with Crippen molar-refractivity contribution in [3.63, 3.8) is 0 Å². The van der Waals surface area contributed by atoms with Crippen molar-refractivity contribution in [2.24, 2.45) is 0 Å². The maximum Gasteiger partial charge on any atom is 0.344 e. The number of carbonyl (C=O) groups is 1. The first-order valence-corrected chi connectivity index (χ1v) is 10.2. The van der Waals surface area contributed by atoms with E-state index in [0.717, 1.165) is 18.4 Å². The first kappa shape index (κ1) is 21.2. The third-order valence-electron chi connectivity index (χ3n) is 4.95. The number of amides is 1. The molecular weight excluding hydrogens is 410 g/mol. The number of nitrogens with zero attached hydrogens (tertiary/aromatic N) is 2. The fourth-order valence-corrected chi connectivity index (χ4v) is 3.32. The predicted octanol–water partition coefficient (Wildman–Crippen LogP) is 3.25. The number of rotatable bonds is 9. The summed E-state index contributed by atoms with van der Waals surface area (Å²) in [7, 11) is 1.53. The predicted molar refractivity (Wildman–Crippen MR) is 120 cm³/mol. The highest BCUT2D eigenvalue weighted by Crippen LogP contribution is 2.28. The minimum absolute atomic E-state index is 0.0810. The summed E-state index contributed by atoms with van der Waals surface area (Å²) in [6.45, 7) is 1.27. The number of carbonyl (C=O) groups excluding carboxylic acids is 1. The normalized spacial score (nSPS) is 10.8. The van der Waals surface area contributed by atoms with E-state index < -0.39 is 5.63 Å². The number of hydrogen-bond donors (Lipinski definition) is 1. The molecule has 0 aliphatic rings. The number of imidazole rings is 1. The van der Waals surface area contributed by atoms with Crippen LogP contribution in [0.25, 0.3) is 22.1 Å². The second kappa shape index (κ2) is 9.82. The molecule has 0 fully saturated rings. The van der Waals surface area contributed by atoms with Gasteiger partial charge in [-0.15, -0.1) is 0 Å². The number of hydrogen-bond acceptors (Lipinski definition) is 6. The van der Waals surface area contributed by atoms with Gasteiger partial charge >= 0.3 is 5.63 Å². The van der Waals surface area contributed by atoms with Crippen molar-refractivity contribution in [2.45, 2.75) is 13.0 Å². The Bertz CT molecular complexity index is 1250. The van der Waals surface area contributed by atoms with Crippen LogP contribution in [0.1, 0.15) is 6.42 Å². The van der Waals surface area contributed by atoms with Crippen LogP contribution in [0.3, 0.4) is 0 Å². The molecule has 0 radical (unpaired) electrons. The second-order valence-electron chi connectivity index (χ2n) is 7.14. The van der Waals surface area contributed by atoms with Crippen LogP contribution in [0.2, 0.25) is 0 Å². The third kappa shape index (κ3) is 4.97. The van der Waals surface area contributed by atoms with Crippen LogP contribution in [0.5, 0.6) is 11.5 Å². The molecule has 4 rings (SSSR count). The third-order valence-corrected chi connectivity index (χ3v) is 4.95. The molecule has 1 amide bonds. The summed E-state index contributed by atoms with van der Waals surface area (Å²) in [5.74, 6) is 0.855. The molecule has 0 saturated heterocycles. The molecule has 0 atom stereocenters. The lowest BCUT2D eigenvalue weighted by atomic mass is 10.1. The maximum atomic E-state index is 12.5. The number of para-hydroxylation sites is 1. The van der Waals surface area contributed by atoms with Crippen LogP contribution >= 0.6 is 0 Å². The summed E-state index contributed by atoms with van der Waals surface area (Å²) < 4.78 is 18.2. The summed E-state index contributed by atoms with van der Waals surface area (Å²) in [6.07, 6.45) is 6.15. The van der Waals surface area contributed by atoms with Crippen LogP contribution in [0.4, 0.5) is 0 Å². The van der Waals surface area contributed by atoms with E-state index in [4.69, 9.17) is 13.9 Å². The fourth-order valence-electron chi connectivity index (χ4n) is 3.32. The van der Waals surface area contributed by atoms with Crippen molar-refractivity contribution in [3.05, 3.63) is 77.7 Å². The van der Waals surface area contributed by atoms with Gasteiger partial charge in [0, 0.05) is 30.9 Å². The van der Waals surface area contributed by atoms with Crippen LogP contribution in [0.15, 0.2) is 76.5 Å². The van der Waals surface area contributed by atoms with Gasteiger partial charge in [0.2, 0.25) is 0 Å². The van der Waals surface area contributed by atoms with E-state index in [9.17, 15) is 9.59 Å². The van der Waals surface area contributed by atoms with E-state index in [0.29, 0.717) is 34.8 Å². The number of fused-ring (bicyclic) bond motifs is 1. The van der Waals surface area contributed by atoms with E-state index in [-0.39, 0.29) is 12.5 Å². The molecule has 0 bridgehead atoms. The van der Waals surface area contributed by atoms with Gasteiger partial charge < -0.3 is 23.8 Å². The minimum atomic E-state index is -0.453. The fraction of sp³-hybridized carbons (Fsp3) is 0.208. The van der Waals surface area contributed by atoms with Gasteiger partial charge in [-0.25, -0.2) is 9.78 Å². The Hall–Kier alpha value is -4.07. The average molecular weight is 433 g/mol. The topological polar surface area (TPSA) is 95.6 Å². The molecule has 164 valence electrons. The number of benzene rings is 2. The molecule has 2 heterocycles. The van der Waals surface area contributed by atoms with E-state index in [2.05, 4.69) is 10.3 Å². The van der Waals surface area contributed by atoms with Gasteiger partial charge in [-0.1, -0.05) is 24.3 Å². The highest BCUT2D eigenvalue weighted by atomic mass is 16.5. The number of nitrogens with one attached hydrogen (secondary N) is 1. The summed E-state index contributed by atoms with van der Waals surface area (Å²) >= 11 is 0. The molecule has 8 heteroatoms. The summed E-state index contributed by atoms with van der Waals surface area (Å²) in [4.78, 5) is 28.4. The molecule has 0 aliphatic carbocycles. The molecule has 2 aromatic carbocycles. The zero-order chi connectivity index (χ0) is 22.3. The summed E-state index contributed by atoms with van der Waals surface area (Å²) in [5, 5.41) is 3.59.